The summed E-state index contributed by atoms with van der Waals surface area (Å²) in [6.45, 7) is 3.91. The summed E-state index contributed by atoms with van der Waals surface area (Å²) in [5, 5.41) is 5.24. The van der Waals surface area contributed by atoms with Crippen LogP contribution in [0.1, 0.15) is 11.8 Å². The van der Waals surface area contributed by atoms with Gasteiger partial charge in [0.25, 0.3) is 0 Å². The molecule has 0 aromatic carbocycles. The lowest BCUT2D eigenvalue weighted by molar-refractivity contribution is 0.424. The van der Waals surface area contributed by atoms with Crippen molar-refractivity contribution >= 4 is 33.1 Å². The minimum absolute atomic E-state index is 0.375. The summed E-state index contributed by atoms with van der Waals surface area (Å²) >= 11 is 3.33. The summed E-state index contributed by atoms with van der Waals surface area (Å²) in [5.74, 6) is 0.881. The van der Waals surface area contributed by atoms with Gasteiger partial charge < -0.3 is 5.32 Å². The van der Waals surface area contributed by atoms with Crippen LogP contribution in [0.15, 0.2) is 16.3 Å². The molecule has 1 saturated heterocycles. The zero-order valence-corrected chi connectivity index (χ0v) is 13.0. The average molecular weight is 306 g/mol. The molecule has 4 nitrogen and oxygen atoms in total. The van der Waals surface area contributed by atoms with E-state index in [9.17, 15) is 8.42 Å². The van der Waals surface area contributed by atoms with Gasteiger partial charge in [0.15, 0.2) is 0 Å². The van der Waals surface area contributed by atoms with Gasteiger partial charge in [-0.05, 0) is 18.5 Å². The monoisotopic (exact) mass is 306 g/mol. The van der Waals surface area contributed by atoms with E-state index in [1.807, 2.05) is 24.2 Å². The van der Waals surface area contributed by atoms with E-state index in [2.05, 4.69) is 12.2 Å². The smallest absolute Gasteiger partial charge is 0.244 e. The summed E-state index contributed by atoms with van der Waals surface area (Å²) in [5.41, 5.74) is 0. The Bertz CT molecular complexity index is 498. The first-order valence-corrected chi connectivity index (χ1v) is 9.25. The van der Waals surface area contributed by atoms with Crippen LogP contribution in [0.5, 0.6) is 0 Å². The van der Waals surface area contributed by atoms with Crippen LogP contribution in [0.4, 0.5) is 0 Å². The van der Waals surface area contributed by atoms with E-state index in [4.69, 9.17) is 0 Å². The van der Waals surface area contributed by atoms with Crippen molar-refractivity contribution < 1.29 is 8.42 Å². The Labute approximate surface area is 117 Å². The van der Waals surface area contributed by atoms with E-state index < -0.39 is 10.0 Å². The molecule has 7 heteroatoms. The molecule has 0 aliphatic carbocycles. The molecule has 0 bridgehead atoms. The van der Waals surface area contributed by atoms with Crippen LogP contribution in [-0.2, 0) is 16.6 Å². The lowest BCUT2D eigenvalue weighted by Crippen LogP contribution is -2.41. The molecular formula is C11H18N2O2S3. The minimum atomic E-state index is -3.31. The fourth-order valence-corrected chi connectivity index (χ4v) is 6.17. The molecule has 2 rings (SSSR count). The van der Waals surface area contributed by atoms with E-state index >= 15 is 0 Å². The Morgan fingerprint density at radius 3 is 3.00 bits per heavy atom. The highest BCUT2D eigenvalue weighted by Crippen LogP contribution is 2.28. The molecular weight excluding hydrogens is 288 g/mol. The van der Waals surface area contributed by atoms with Crippen LogP contribution in [-0.4, -0.2) is 43.9 Å². The summed E-state index contributed by atoms with van der Waals surface area (Å²) in [7, 11) is -1.48. The minimum Gasteiger partial charge on any atom is -0.315 e. The highest BCUT2D eigenvalue weighted by atomic mass is 32.2. The molecule has 1 aliphatic heterocycles. The molecule has 102 valence electrons. The SMILES string of the molecule is CNCc1sccc1S(=O)(=O)N1CCSC(C)C1. The molecule has 1 unspecified atom stereocenters. The van der Waals surface area contributed by atoms with Crippen molar-refractivity contribution in [1.29, 1.82) is 0 Å². The molecule has 1 aliphatic rings. The second-order valence-electron chi connectivity index (χ2n) is 4.28. The van der Waals surface area contributed by atoms with Gasteiger partial charge in [-0.15, -0.1) is 11.3 Å². The van der Waals surface area contributed by atoms with Crippen molar-refractivity contribution in [3.8, 4) is 0 Å². The molecule has 0 amide bonds. The molecule has 0 radical (unpaired) electrons. The first kappa shape index (κ1) is 14.3. The van der Waals surface area contributed by atoms with Crippen molar-refractivity contribution in [3.05, 3.63) is 16.3 Å². The van der Waals surface area contributed by atoms with Gasteiger partial charge in [0, 0.05) is 35.5 Å². The lowest BCUT2D eigenvalue weighted by Gasteiger charge is -2.29. The fraction of sp³-hybridized carbons (Fsp3) is 0.636. The van der Waals surface area contributed by atoms with E-state index in [1.165, 1.54) is 11.3 Å². The summed E-state index contributed by atoms with van der Waals surface area (Å²) in [4.78, 5) is 1.37. The highest BCUT2D eigenvalue weighted by molar-refractivity contribution is 8.00. The molecule has 18 heavy (non-hydrogen) atoms. The third-order valence-electron chi connectivity index (χ3n) is 2.86. The summed E-state index contributed by atoms with van der Waals surface area (Å²) in [6.07, 6.45) is 0. The number of sulfonamides is 1. The molecule has 1 aromatic rings. The van der Waals surface area contributed by atoms with Crippen molar-refractivity contribution in [1.82, 2.24) is 9.62 Å². The molecule has 1 aromatic heterocycles. The molecule has 0 saturated carbocycles. The Hall–Kier alpha value is -0.0800. The van der Waals surface area contributed by atoms with E-state index in [0.717, 1.165) is 10.6 Å². The van der Waals surface area contributed by atoms with Gasteiger partial charge >= 0.3 is 0 Å². The van der Waals surface area contributed by atoms with Crippen LogP contribution in [0.2, 0.25) is 0 Å². The standard InChI is InChI=1S/C11H18N2O2S3/c1-9-8-13(4-6-16-9)18(14,15)11-3-5-17-10(11)7-12-2/h3,5,9,12H,4,6-8H2,1-2H3. The summed E-state index contributed by atoms with van der Waals surface area (Å²) in [6, 6.07) is 1.72. The molecule has 0 spiro atoms. The second kappa shape index (κ2) is 5.92. The molecule has 1 atom stereocenters. The molecule has 1 fully saturated rings. The van der Waals surface area contributed by atoms with Gasteiger partial charge in [0.1, 0.15) is 0 Å². The number of nitrogens with zero attached hydrogens (tertiary/aromatic N) is 1. The predicted molar refractivity (Wildman–Crippen MR) is 77.8 cm³/mol. The number of thioether (sulfide) groups is 1. The maximum Gasteiger partial charge on any atom is 0.244 e. The quantitative estimate of drug-likeness (QED) is 0.918. The van der Waals surface area contributed by atoms with E-state index in [-0.39, 0.29) is 0 Å². The number of hydrogen-bond acceptors (Lipinski definition) is 5. The summed E-state index contributed by atoms with van der Waals surface area (Å²) < 4.78 is 26.8. The van der Waals surface area contributed by atoms with Crippen LogP contribution in [0.3, 0.4) is 0 Å². The number of rotatable bonds is 4. The zero-order chi connectivity index (χ0) is 13.2. The van der Waals surface area contributed by atoms with Gasteiger partial charge in [0.2, 0.25) is 10.0 Å². The van der Waals surface area contributed by atoms with Gasteiger partial charge in [0.05, 0.1) is 4.90 Å². The Morgan fingerprint density at radius 1 is 1.56 bits per heavy atom. The number of hydrogen-bond donors (Lipinski definition) is 1. The highest BCUT2D eigenvalue weighted by Gasteiger charge is 2.30. The Morgan fingerprint density at radius 2 is 2.33 bits per heavy atom. The predicted octanol–water partition coefficient (Wildman–Crippen LogP) is 1.59. The van der Waals surface area contributed by atoms with Crippen LogP contribution >= 0.6 is 23.1 Å². The fourth-order valence-electron chi connectivity index (χ4n) is 1.99. The third kappa shape index (κ3) is 2.91. The lowest BCUT2D eigenvalue weighted by atomic mass is 10.4. The number of thiophene rings is 1. The second-order valence-corrected chi connectivity index (χ2v) is 8.74. The Balaban J connectivity index is 2.26. The normalized spacial score (nSPS) is 22.2. The van der Waals surface area contributed by atoms with Gasteiger partial charge in [-0.3, -0.25) is 0 Å². The van der Waals surface area contributed by atoms with Crippen molar-refractivity contribution in [2.24, 2.45) is 0 Å². The molecule has 2 heterocycles. The van der Waals surface area contributed by atoms with Crippen LogP contribution in [0.25, 0.3) is 0 Å². The van der Waals surface area contributed by atoms with Gasteiger partial charge in [-0.25, -0.2) is 8.42 Å². The maximum atomic E-state index is 12.6. The van der Waals surface area contributed by atoms with E-state index in [0.29, 0.717) is 29.8 Å². The van der Waals surface area contributed by atoms with Gasteiger partial charge in [-0.1, -0.05) is 6.92 Å². The largest absolute Gasteiger partial charge is 0.315 e. The van der Waals surface area contributed by atoms with Crippen molar-refractivity contribution in [2.75, 3.05) is 25.9 Å². The van der Waals surface area contributed by atoms with Gasteiger partial charge in [-0.2, -0.15) is 16.1 Å². The van der Waals surface area contributed by atoms with Crippen LogP contribution in [0, 0.1) is 0 Å². The van der Waals surface area contributed by atoms with Crippen LogP contribution < -0.4 is 5.32 Å². The number of nitrogens with one attached hydrogen (secondary N) is 1. The van der Waals surface area contributed by atoms with Crippen molar-refractivity contribution in [3.63, 3.8) is 0 Å². The zero-order valence-electron chi connectivity index (χ0n) is 10.5. The molecule has 1 N–H and O–H groups in total. The first-order valence-electron chi connectivity index (χ1n) is 5.88. The van der Waals surface area contributed by atoms with E-state index in [1.54, 1.807) is 10.4 Å². The first-order chi connectivity index (χ1) is 8.55. The van der Waals surface area contributed by atoms with Crippen molar-refractivity contribution in [2.45, 2.75) is 23.6 Å². The third-order valence-corrected chi connectivity index (χ3v) is 7.00. The Kier molecular flexibility index (Phi) is 4.71. The topological polar surface area (TPSA) is 49.4 Å². The average Bonchev–Trinajstić information content (AvgIpc) is 2.78. The maximum absolute atomic E-state index is 12.6.